The van der Waals surface area contributed by atoms with E-state index >= 15 is 0 Å². The van der Waals surface area contributed by atoms with Gasteiger partial charge in [0.1, 0.15) is 5.25 Å². The summed E-state index contributed by atoms with van der Waals surface area (Å²) < 4.78 is 49.9. The summed E-state index contributed by atoms with van der Waals surface area (Å²) in [6.07, 6.45) is -4.78. The topological polar surface area (TPSA) is 80.2 Å². The number of amides is 2. The normalized spacial score (nSPS) is 16.4. The summed E-state index contributed by atoms with van der Waals surface area (Å²) in [4.78, 5) is 32.6. The number of nitrogens with zero attached hydrogens (tertiary/aromatic N) is 2. The molecule has 1 atom stereocenters. The molecule has 3 aromatic carbocycles. The maximum Gasteiger partial charge on any atom is 0.416 e. The smallest absolute Gasteiger partial charge is 0.416 e. The van der Waals surface area contributed by atoms with Crippen molar-refractivity contribution in [1.82, 2.24) is 4.90 Å². The van der Waals surface area contributed by atoms with Gasteiger partial charge in [-0.05, 0) is 61.4 Å². The van der Waals surface area contributed by atoms with Gasteiger partial charge in [0.05, 0.1) is 32.0 Å². The lowest BCUT2D eigenvalue weighted by Gasteiger charge is -2.18. The molecule has 0 saturated carbocycles. The van der Waals surface area contributed by atoms with Gasteiger partial charge in [-0.3, -0.25) is 14.5 Å². The first-order valence-corrected chi connectivity index (χ1v) is 13.2. The quantitative estimate of drug-likeness (QED) is 0.334. The molecule has 210 valence electrons. The van der Waals surface area contributed by atoms with E-state index in [4.69, 9.17) is 14.5 Å². The Kier molecular flexibility index (Phi) is 8.73. The summed E-state index contributed by atoms with van der Waals surface area (Å²) in [5, 5.41) is 2.09. The molecular formula is C29H28F3N3O4S. The number of ether oxygens (including phenoxy) is 2. The minimum absolute atomic E-state index is 0.00151. The van der Waals surface area contributed by atoms with Crippen LogP contribution in [-0.2, 0) is 22.3 Å². The fraction of sp³-hybridized carbons (Fsp3) is 0.276. The number of aliphatic imine (C=N–C) groups is 1. The van der Waals surface area contributed by atoms with Crippen molar-refractivity contribution in [3.05, 3.63) is 82.9 Å². The molecular weight excluding hydrogens is 543 g/mol. The lowest BCUT2D eigenvalue weighted by atomic mass is 10.1. The van der Waals surface area contributed by atoms with Crippen LogP contribution in [0.4, 0.5) is 24.5 Å². The Morgan fingerprint density at radius 3 is 2.45 bits per heavy atom. The number of carbonyl (C=O) groups is 2. The summed E-state index contributed by atoms with van der Waals surface area (Å²) in [7, 11) is 3.05. The van der Waals surface area contributed by atoms with Gasteiger partial charge in [0.25, 0.3) is 0 Å². The van der Waals surface area contributed by atoms with Gasteiger partial charge < -0.3 is 14.8 Å². The van der Waals surface area contributed by atoms with Crippen molar-refractivity contribution in [2.24, 2.45) is 4.99 Å². The first-order chi connectivity index (χ1) is 19.0. The Labute approximate surface area is 234 Å². The number of rotatable bonds is 8. The predicted molar refractivity (Wildman–Crippen MR) is 149 cm³/mol. The van der Waals surface area contributed by atoms with Crippen LogP contribution >= 0.6 is 11.8 Å². The number of aryl methyl sites for hydroxylation is 2. The van der Waals surface area contributed by atoms with E-state index in [1.165, 1.54) is 31.3 Å². The molecule has 0 unspecified atom stereocenters. The number of amidine groups is 1. The van der Waals surface area contributed by atoms with Crippen LogP contribution in [0.3, 0.4) is 0 Å². The highest BCUT2D eigenvalue weighted by Gasteiger charge is 2.39. The van der Waals surface area contributed by atoms with Crippen LogP contribution in [0.5, 0.6) is 11.5 Å². The van der Waals surface area contributed by atoms with Crippen LogP contribution in [0.2, 0.25) is 0 Å². The van der Waals surface area contributed by atoms with Gasteiger partial charge in [-0.25, -0.2) is 4.99 Å². The van der Waals surface area contributed by atoms with Gasteiger partial charge in [0.2, 0.25) is 11.8 Å². The summed E-state index contributed by atoms with van der Waals surface area (Å²) in [6.45, 7) is 4.06. The monoisotopic (exact) mass is 571 g/mol. The number of hydrogen-bond acceptors (Lipinski definition) is 6. The van der Waals surface area contributed by atoms with E-state index in [0.29, 0.717) is 22.4 Å². The number of methoxy groups -OCH3 is 2. The van der Waals surface area contributed by atoms with Crippen molar-refractivity contribution in [2.75, 3.05) is 19.5 Å². The number of anilines is 1. The van der Waals surface area contributed by atoms with Gasteiger partial charge in [0.15, 0.2) is 16.7 Å². The zero-order valence-corrected chi connectivity index (χ0v) is 23.2. The Balaban J connectivity index is 1.59. The minimum atomic E-state index is -4.54. The lowest BCUT2D eigenvalue weighted by Crippen LogP contribution is -2.33. The highest BCUT2D eigenvalue weighted by molar-refractivity contribution is 8.15. The van der Waals surface area contributed by atoms with E-state index in [-0.39, 0.29) is 24.6 Å². The highest BCUT2D eigenvalue weighted by Crippen LogP contribution is 2.36. The zero-order valence-electron chi connectivity index (χ0n) is 22.3. The first-order valence-electron chi connectivity index (χ1n) is 12.3. The van der Waals surface area contributed by atoms with Crippen molar-refractivity contribution >= 4 is 40.1 Å². The maximum absolute atomic E-state index is 13.5. The van der Waals surface area contributed by atoms with E-state index in [2.05, 4.69) is 5.32 Å². The molecule has 1 N–H and O–H groups in total. The van der Waals surface area contributed by atoms with E-state index in [0.717, 1.165) is 40.6 Å². The SMILES string of the molecule is COc1ccc(CN2C(=O)[C@H](CC(=O)Nc3cccc(C(F)(F)F)c3)SC2=Nc2ccc(C)cc2C)cc1OC. The number of alkyl halides is 3. The third kappa shape index (κ3) is 6.77. The molecule has 1 saturated heterocycles. The number of carbonyl (C=O) groups excluding carboxylic acids is 2. The second-order valence-electron chi connectivity index (χ2n) is 9.24. The summed E-state index contributed by atoms with van der Waals surface area (Å²) in [5.41, 5.74) is 2.57. The van der Waals surface area contributed by atoms with Crippen LogP contribution in [0.15, 0.2) is 65.7 Å². The molecule has 0 spiro atoms. The molecule has 0 aromatic heterocycles. The largest absolute Gasteiger partial charge is 0.493 e. The molecule has 3 aromatic rings. The van der Waals surface area contributed by atoms with Crippen molar-refractivity contribution in [1.29, 1.82) is 0 Å². The standard InChI is InChI=1S/C29H28F3N3O4S/c1-17-8-10-22(18(2)12-17)34-28-35(16-19-9-11-23(38-3)24(13-19)39-4)27(37)25(40-28)15-26(36)33-21-7-5-6-20(14-21)29(30,31)32/h5-14,25H,15-16H2,1-4H3,(H,33,36)/t25-/m0/s1. The van der Waals surface area contributed by atoms with Gasteiger partial charge in [-0.1, -0.05) is 41.6 Å². The maximum atomic E-state index is 13.5. The van der Waals surface area contributed by atoms with Crippen molar-refractivity contribution in [3.8, 4) is 11.5 Å². The molecule has 1 aliphatic rings. The molecule has 1 aliphatic heterocycles. The lowest BCUT2D eigenvalue weighted by molar-refractivity contribution is -0.137. The molecule has 11 heteroatoms. The highest BCUT2D eigenvalue weighted by atomic mass is 32.2. The molecule has 1 heterocycles. The second kappa shape index (κ2) is 12.0. The average Bonchev–Trinajstić information content (AvgIpc) is 3.18. The molecule has 0 aliphatic carbocycles. The first kappa shape index (κ1) is 29.0. The number of benzene rings is 3. The van der Waals surface area contributed by atoms with Crippen LogP contribution < -0.4 is 14.8 Å². The number of halogens is 3. The Hall–Kier alpha value is -3.99. The van der Waals surface area contributed by atoms with Crippen molar-refractivity contribution in [2.45, 2.75) is 38.2 Å². The van der Waals surface area contributed by atoms with Gasteiger partial charge >= 0.3 is 6.18 Å². The Bertz CT molecular complexity index is 1460. The number of hydrogen-bond donors (Lipinski definition) is 1. The Morgan fingerprint density at radius 1 is 1.02 bits per heavy atom. The van der Waals surface area contributed by atoms with E-state index < -0.39 is 22.9 Å². The number of thioether (sulfide) groups is 1. The zero-order chi connectivity index (χ0) is 29.0. The van der Waals surface area contributed by atoms with Gasteiger partial charge in [-0.15, -0.1) is 0 Å². The number of nitrogens with one attached hydrogen (secondary N) is 1. The summed E-state index contributed by atoms with van der Waals surface area (Å²) in [6, 6.07) is 15.5. The van der Waals surface area contributed by atoms with Gasteiger partial charge in [0, 0.05) is 12.1 Å². The minimum Gasteiger partial charge on any atom is -0.493 e. The molecule has 4 rings (SSSR count). The Morgan fingerprint density at radius 2 is 1.77 bits per heavy atom. The molecule has 0 radical (unpaired) electrons. The molecule has 40 heavy (non-hydrogen) atoms. The summed E-state index contributed by atoms with van der Waals surface area (Å²) in [5.74, 6) is 0.136. The molecule has 2 amide bonds. The van der Waals surface area contributed by atoms with E-state index in [9.17, 15) is 22.8 Å². The fourth-order valence-corrected chi connectivity index (χ4v) is 5.37. The van der Waals surface area contributed by atoms with Crippen molar-refractivity contribution < 1.29 is 32.2 Å². The fourth-order valence-electron chi connectivity index (χ4n) is 4.22. The predicted octanol–water partition coefficient (Wildman–Crippen LogP) is 6.50. The van der Waals surface area contributed by atoms with E-state index in [1.54, 1.807) is 12.1 Å². The molecule has 1 fully saturated rings. The molecule has 0 bridgehead atoms. The van der Waals surface area contributed by atoms with Crippen LogP contribution in [0, 0.1) is 13.8 Å². The second-order valence-corrected chi connectivity index (χ2v) is 10.4. The van der Waals surface area contributed by atoms with E-state index in [1.807, 2.05) is 38.1 Å². The third-order valence-electron chi connectivity index (χ3n) is 6.22. The third-order valence-corrected chi connectivity index (χ3v) is 7.40. The van der Waals surface area contributed by atoms with Crippen LogP contribution in [-0.4, -0.2) is 41.4 Å². The summed E-state index contributed by atoms with van der Waals surface area (Å²) >= 11 is 1.15. The van der Waals surface area contributed by atoms with Crippen LogP contribution in [0.25, 0.3) is 0 Å². The van der Waals surface area contributed by atoms with Crippen LogP contribution in [0.1, 0.15) is 28.7 Å². The average molecular weight is 572 g/mol. The van der Waals surface area contributed by atoms with Gasteiger partial charge in [-0.2, -0.15) is 13.2 Å². The van der Waals surface area contributed by atoms with Crippen molar-refractivity contribution in [3.63, 3.8) is 0 Å². The molecule has 7 nitrogen and oxygen atoms in total.